The number of methoxy groups -OCH3 is 1. The van der Waals surface area contributed by atoms with Crippen LogP contribution in [0.1, 0.15) is 29.6 Å². The number of carbonyl (C=O) groups is 1. The molecule has 0 unspecified atom stereocenters. The predicted molar refractivity (Wildman–Crippen MR) is 122 cm³/mol. The second-order valence-corrected chi connectivity index (χ2v) is 8.87. The van der Waals surface area contributed by atoms with Crippen molar-refractivity contribution < 1.29 is 13.9 Å². The van der Waals surface area contributed by atoms with Gasteiger partial charge in [-0.25, -0.2) is 9.37 Å². The van der Waals surface area contributed by atoms with Gasteiger partial charge < -0.3 is 19.9 Å². The van der Waals surface area contributed by atoms with Crippen molar-refractivity contribution in [3.63, 3.8) is 0 Å². The van der Waals surface area contributed by atoms with Gasteiger partial charge in [0.2, 0.25) is 5.88 Å². The van der Waals surface area contributed by atoms with Crippen molar-refractivity contribution in [3.05, 3.63) is 52.9 Å². The number of benzene rings is 1. The second-order valence-electron chi connectivity index (χ2n) is 8.09. The fourth-order valence-corrected chi connectivity index (χ4v) is 4.83. The van der Waals surface area contributed by atoms with E-state index in [1.165, 1.54) is 13.2 Å². The highest BCUT2D eigenvalue weighted by Crippen LogP contribution is 2.41. The lowest BCUT2D eigenvalue weighted by atomic mass is 9.78. The number of nitrogens with zero attached hydrogens (tertiary/aromatic N) is 3. The van der Waals surface area contributed by atoms with Crippen molar-refractivity contribution in [3.8, 4) is 5.88 Å². The standard InChI is InChI=1S/C22H24ClFN4O2S/c1-30-19-13-15(12-18(23)26-19)20(29)28-11-8-22(14-28)6-9-27(10-7-22)21(31)25-17-5-3-2-4-16(17)24/h2-5,12-13H,6-11,14H2,1H3,(H,25,31). The number of carbonyl (C=O) groups excluding carboxylic acids is 1. The van der Waals surface area contributed by atoms with Crippen LogP contribution in [0.15, 0.2) is 36.4 Å². The number of anilines is 1. The molecule has 0 aliphatic carbocycles. The Morgan fingerprint density at radius 3 is 2.55 bits per heavy atom. The van der Waals surface area contributed by atoms with Crippen LogP contribution in [0.2, 0.25) is 5.15 Å². The first-order valence-corrected chi connectivity index (χ1v) is 11.0. The normalized spacial score (nSPS) is 17.6. The fraction of sp³-hybridized carbons (Fsp3) is 0.409. The molecule has 4 rings (SSSR count). The molecular formula is C22H24ClFN4O2S. The zero-order valence-corrected chi connectivity index (χ0v) is 18.8. The number of hydrogen-bond donors (Lipinski definition) is 1. The third kappa shape index (κ3) is 4.75. The first kappa shape index (κ1) is 21.8. The Balaban J connectivity index is 1.35. The molecule has 6 nitrogen and oxygen atoms in total. The smallest absolute Gasteiger partial charge is 0.254 e. The molecule has 3 heterocycles. The average Bonchev–Trinajstić information content (AvgIpc) is 3.18. The highest BCUT2D eigenvalue weighted by molar-refractivity contribution is 7.80. The van der Waals surface area contributed by atoms with Crippen LogP contribution >= 0.6 is 23.8 Å². The molecule has 1 spiro atoms. The van der Waals surface area contributed by atoms with Gasteiger partial charge in [0, 0.05) is 37.8 Å². The summed E-state index contributed by atoms with van der Waals surface area (Å²) in [7, 11) is 1.50. The molecule has 9 heteroatoms. The van der Waals surface area contributed by atoms with E-state index in [-0.39, 0.29) is 22.3 Å². The monoisotopic (exact) mass is 462 g/mol. The number of thiocarbonyl (C=S) groups is 1. The summed E-state index contributed by atoms with van der Waals surface area (Å²) < 4.78 is 19.0. The van der Waals surface area contributed by atoms with Crippen LogP contribution in [0.25, 0.3) is 0 Å². The van der Waals surface area contributed by atoms with Crippen LogP contribution in [0.5, 0.6) is 5.88 Å². The number of ether oxygens (including phenoxy) is 1. The van der Waals surface area contributed by atoms with Gasteiger partial charge in [0.25, 0.3) is 5.91 Å². The largest absolute Gasteiger partial charge is 0.481 e. The lowest BCUT2D eigenvalue weighted by Crippen LogP contribution is -2.46. The van der Waals surface area contributed by atoms with E-state index < -0.39 is 0 Å². The van der Waals surface area contributed by atoms with Crippen molar-refractivity contribution >= 4 is 40.5 Å². The molecule has 2 saturated heterocycles. The zero-order chi connectivity index (χ0) is 22.0. The predicted octanol–water partition coefficient (Wildman–Crippen LogP) is 4.21. The number of amides is 1. The van der Waals surface area contributed by atoms with E-state index >= 15 is 0 Å². The molecular weight excluding hydrogens is 439 g/mol. The number of rotatable bonds is 3. The number of para-hydroxylation sites is 1. The number of likely N-dealkylation sites (tertiary alicyclic amines) is 2. The van der Waals surface area contributed by atoms with E-state index in [9.17, 15) is 9.18 Å². The number of pyridine rings is 1. The van der Waals surface area contributed by atoms with Crippen LogP contribution < -0.4 is 10.1 Å². The van der Waals surface area contributed by atoms with Gasteiger partial charge in [0.1, 0.15) is 11.0 Å². The Labute approximate surface area is 191 Å². The first-order valence-electron chi connectivity index (χ1n) is 10.2. The molecule has 2 fully saturated rings. The van der Waals surface area contributed by atoms with Crippen molar-refractivity contribution in [1.82, 2.24) is 14.8 Å². The van der Waals surface area contributed by atoms with E-state index in [0.29, 0.717) is 35.3 Å². The average molecular weight is 463 g/mol. The molecule has 1 N–H and O–H groups in total. The molecule has 2 aliphatic heterocycles. The maximum Gasteiger partial charge on any atom is 0.254 e. The Morgan fingerprint density at radius 1 is 1.19 bits per heavy atom. The number of piperidine rings is 1. The topological polar surface area (TPSA) is 57.7 Å². The molecule has 2 aliphatic rings. The maximum atomic E-state index is 13.9. The molecule has 0 radical (unpaired) electrons. The third-order valence-corrected chi connectivity index (χ3v) is 6.73. The minimum absolute atomic E-state index is 0.0568. The summed E-state index contributed by atoms with van der Waals surface area (Å²) in [6.07, 6.45) is 2.81. The van der Waals surface area contributed by atoms with Crippen LogP contribution in [-0.2, 0) is 0 Å². The third-order valence-electron chi connectivity index (χ3n) is 6.18. The summed E-state index contributed by atoms with van der Waals surface area (Å²) in [5.74, 6) is -0.0521. The van der Waals surface area contributed by atoms with E-state index in [1.807, 2.05) is 4.90 Å². The van der Waals surface area contributed by atoms with Crippen molar-refractivity contribution in [1.29, 1.82) is 0 Å². The summed E-state index contributed by atoms with van der Waals surface area (Å²) in [6, 6.07) is 9.70. The van der Waals surface area contributed by atoms with Crippen molar-refractivity contribution in [2.45, 2.75) is 19.3 Å². The zero-order valence-electron chi connectivity index (χ0n) is 17.2. The molecule has 1 aromatic heterocycles. The van der Waals surface area contributed by atoms with Gasteiger partial charge in [-0.05, 0) is 55.1 Å². The van der Waals surface area contributed by atoms with Gasteiger partial charge in [-0.3, -0.25) is 4.79 Å². The minimum Gasteiger partial charge on any atom is -0.481 e. The lowest BCUT2D eigenvalue weighted by Gasteiger charge is -2.40. The Kier molecular flexibility index (Phi) is 6.29. The van der Waals surface area contributed by atoms with Gasteiger partial charge in [0.15, 0.2) is 5.11 Å². The number of hydrogen-bond acceptors (Lipinski definition) is 4. The Bertz CT molecular complexity index is 997. The summed E-state index contributed by atoms with van der Waals surface area (Å²) in [6.45, 7) is 2.96. The molecule has 0 bridgehead atoms. The molecule has 0 atom stereocenters. The fourth-order valence-electron chi connectivity index (χ4n) is 4.34. The highest BCUT2D eigenvalue weighted by atomic mass is 35.5. The van der Waals surface area contributed by atoms with Crippen molar-refractivity contribution in [2.75, 3.05) is 38.6 Å². The van der Waals surface area contributed by atoms with Gasteiger partial charge in [-0.1, -0.05) is 23.7 Å². The lowest BCUT2D eigenvalue weighted by molar-refractivity contribution is 0.0748. The number of aromatic nitrogens is 1. The van der Waals surface area contributed by atoms with Crippen LogP contribution in [0.3, 0.4) is 0 Å². The summed E-state index contributed by atoms with van der Waals surface area (Å²) >= 11 is 11.5. The van der Waals surface area contributed by atoms with Crippen LogP contribution in [0.4, 0.5) is 10.1 Å². The second kappa shape index (κ2) is 8.96. The molecule has 31 heavy (non-hydrogen) atoms. The van der Waals surface area contributed by atoms with E-state index in [4.69, 9.17) is 28.6 Å². The summed E-state index contributed by atoms with van der Waals surface area (Å²) in [5.41, 5.74) is 0.958. The van der Waals surface area contributed by atoms with Crippen molar-refractivity contribution in [2.24, 2.45) is 5.41 Å². The van der Waals surface area contributed by atoms with Gasteiger partial charge in [-0.2, -0.15) is 0 Å². The van der Waals surface area contributed by atoms with E-state index in [2.05, 4.69) is 15.2 Å². The highest BCUT2D eigenvalue weighted by Gasteiger charge is 2.42. The molecule has 0 saturated carbocycles. The van der Waals surface area contributed by atoms with E-state index in [1.54, 1.807) is 30.3 Å². The summed E-state index contributed by atoms with van der Waals surface area (Å²) in [5, 5.41) is 3.78. The van der Waals surface area contributed by atoms with Crippen LogP contribution in [-0.4, -0.2) is 59.1 Å². The van der Waals surface area contributed by atoms with Crippen LogP contribution in [0, 0.1) is 11.2 Å². The number of nitrogens with one attached hydrogen (secondary N) is 1. The molecule has 2 aromatic rings. The van der Waals surface area contributed by atoms with Gasteiger partial charge in [0.05, 0.1) is 12.8 Å². The van der Waals surface area contributed by atoms with Gasteiger partial charge >= 0.3 is 0 Å². The quantitative estimate of drug-likeness (QED) is 0.544. The minimum atomic E-state index is -0.323. The molecule has 164 valence electrons. The Morgan fingerprint density at radius 2 is 1.87 bits per heavy atom. The maximum absolute atomic E-state index is 13.9. The molecule has 1 amide bonds. The van der Waals surface area contributed by atoms with E-state index in [0.717, 1.165) is 32.4 Å². The summed E-state index contributed by atoms with van der Waals surface area (Å²) in [4.78, 5) is 21.0. The van der Waals surface area contributed by atoms with Gasteiger partial charge in [-0.15, -0.1) is 0 Å². The first-order chi connectivity index (χ1) is 14.9. The SMILES string of the molecule is COc1cc(C(=O)N2CCC3(CCN(C(=S)Nc4ccccc4F)CC3)C2)cc(Cl)n1. The number of halogens is 2. The molecule has 1 aromatic carbocycles. The Hall–Kier alpha value is -2.45.